The Balaban J connectivity index is 1.32. The molecule has 0 saturated carbocycles. The highest BCUT2D eigenvalue weighted by atomic mass is 32.1. The smallest absolute Gasteiger partial charge is 0.223 e. The number of nitrogens with one attached hydrogen (secondary N) is 1. The van der Waals surface area contributed by atoms with Crippen molar-refractivity contribution in [1.29, 1.82) is 0 Å². The summed E-state index contributed by atoms with van der Waals surface area (Å²) in [6.45, 7) is 7.27. The third-order valence-corrected chi connectivity index (χ3v) is 8.06. The minimum atomic E-state index is 0.0468. The van der Waals surface area contributed by atoms with E-state index in [1.165, 1.54) is 15.8 Å². The summed E-state index contributed by atoms with van der Waals surface area (Å²) in [5.74, 6) is 1.16. The van der Waals surface area contributed by atoms with Gasteiger partial charge in [-0.2, -0.15) is 0 Å². The third kappa shape index (κ3) is 3.84. The van der Waals surface area contributed by atoms with E-state index in [1.54, 1.807) is 11.3 Å². The van der Waals surface area contributed by atoms with E-state index in [1.807, 2.05) is 5.51 Å². The van der Waals surface area contributed by atoms with Crippen molar-refractivity contribution < 1.29 is 9.53 Å². The van der Waals surface area contributed by atoms with Gasteiger partial charge in [-0.1, -0.05) is 0 Å². The van der Waals surface area contributed by atoms with E-state index in [0.29, 0.717) is 6.61 Å². The quantitative estimate of drug-likeness (QED) is 0.474. The number of benzene rings is 2. The minimum Gasteiger partial charge on any atom is -0.379 e. The van der Waals surface area contributed by atoms with Crippen molar-refractivity contribution in [3.63, 3.8) is 0 Å². The van der Waals surface area contributed by atoms with Gasteiger partial charge in [-0.25, -0.2) is 9.97 Å². The molecule has 4 aromatic rings. The van der Waals surface area contributed by atoms with Gasteiger partial charge in [0, 0.05) is 25.6 Å². The molecule has 7 nitrogen and oxygen atoms in total. The number of anilines is 1. The summed E-state index contributed by atoms with van der Waals surface area (Å²) in [5.41, 5.74) is 8.56. The standard InChI is InChI=1S/C26H29N5O2S/c1-16-11-21-23(12-17(16)2)31(20-3-4-24-22(13-20)27-15-34-24)26(29-21)30-8-5-18(6-9-30)25(32)28-19-7-10-33-14-19/h3-4,11-13,15,18-19H,5-10,14H2,1-2H3,(H,28,32). The lowest BCUT2D eigenvalue weighted by Gasteiger charge is -2.32. The van der Waals surface area contributed by atoms with E-state index >= 15 is 0 Å². The van der Waals surface area contributed by atoms with Crippen molar-refractivity contribution in [3.05, 3.63) is 47.0 Å². The molecule has 1 N–H and O–H groups in total. The van der Waals surface area contributed by atoms with Gasteiger partial charge in [-0.05, 0) is 74.6 Å². The number of imidazole rings is 1. The first-order valence-corrected chi connectivity index (χ1v) is 12.9. The number of amides is 1. The van der Waals surface area contributed by atoms with Crippen LogP contribution in [-0.2, 0) is 9.53 Å². The summed E-state index contributed by atoms with van der Waals surface area (Å²) in [4.78, 5) is 24.7. The average molecular weight is 476 g/mol. The number of nitrogens with zero attached hydrogens (tertiary/aromatic N) is 4. The van der Waals surface area contributed by atoms with Crippen LogP contribution in [0.3, 0.4) is 0 Å². The topological polar surface area (TPSA) is 72.3 Å². The number of carbonyl (C=O) groups is 1. The number of fused-ring (bicyclic) bond motifs is 2. The molecule has 1 amide bonds. The van der Waals surface area contributed by atoms with Gasteiger partial charge in [0.15, 0.2) is 0 Å². The number of carbonyl (C=O) groups excluding carboxylic acids is 1. The Hall–Kier alpha value is -2.97. The van der Waals surface area contributed by atoms with Crippen molar-refractivity contribution in [3.8, 4) is 5.69 Å². The largest absolute Gasteiger partial charge is 0.379 e. The lowest BCUT2D eigenvalue weighted by molar-refractivity contribution is -0.126. The Morgan fingerprint density at radius 3 is 2.71 bits per heavy atom. The molecule has 0 bridgehead atoms. The zero-order valence-corrected chi connectivity index (χ0v) is 20.4. The summed E-state index contributed by atoms with van der Waals surface area (Å²) in [6, 6.07) is 11.0. The number of aryl methyl sites for hydroxylation is 2. The van der Waals surface area contributed by atoms with Crippen LogP contribution in [0, 0.1) is 19.8 Å². The highest BCUT2D eigenvalue weighted by molar-refractivity contribution is 7.16. The summed E-state index contributed by atoms with van der Waals surface area (Å²) in [7, 11) is 0. The molecule has 2 aliphatic rings. The molecule has 8 heteroatoms. The second-order valence-corrected chi connectivity index (χ2v) is 10.4. The summed E-state index contributed by atoms with van der Waals surface area (Å²) >= 11 is 1.66. The van der Waals surface area contributed by atoms with Crippen LogP contribution in [0.1, 0.15) is 30.4 Å². The maximum atomic E-state index is 12.8. The van der Waals surface area contributed by atoms with E-state index in [0.717, 1.165) is 67.1 Å². The molecule has 0 spiro atoms. The fraction of sp³-hybridized carbons (Fsp3) is 0.423. The van der Waals surface area contributed by atoms with Crippen LogP contribution in [0.25, 0.3) is 26.9 Å². The Morgan fingerprint density at radius 1 is 1.09 bits per heavy atom. The molecular weight excluding hydrogens is 446 g/mol. The molecule has 34 heavy (non-hydrogen) atoms. The number of ether oxygens (including phenoxy) is 1. The van der Waals surface area contributed by atoms with Gasteiger partial charge in [0.2, 0.25) is 11.9 Å². The first kappa shape index (κ1) is 21.6. The molecule has 1 unspecified atom stereocenters. The lowest BCUT2D eigenvalue weighted by atomic mass is 9.95. The fourth-order valence-electron chi connectivity index (χ4n) is 5.08. The molecule has 6 rings (SSSR count). The molecule has 2 aliphatic heterocycles. The van der Waals surface area contributed by atoms with Crippen molar-refractivity contribution in [2.24, 2.45) is 5.92 Å². The highest BCUT2D eigenvalue weighted by Gasteiger charge is 2.30. The van der Waals surface area contributed by atoms with Gasteiger partial charge < -0.3 is 15.0 Å². The third-order valence-electron chi connectivity index (χ3n) is 7.25. The molecule has 2 aromatic heterocycles. The van der Waals surface area contributed by atoms with Crippen LogP contribution in [0.5, 0.6) is 0 Å². The predicted molar refractivity (Wildman–Crippen MR) is 136 cm³/mol. The molecular formula is C26H29N5O2S. The maximum absolute atomic E-state index is 12.8. The molecule has 176 valence electrons. The fourth-order valence-corrected chi connectivity index (χ4v) is 5.74. The Labute approximate surface area is 202 Å². The van der Waals surface area contributed by atoms with Crippen LogP contribution in [0.15, 0.2) is 35.8 Å². The molecule has 2 aromatic carbocycles. The van der Waals surface area contributed by atoms with E-state index in [4.69, 9.17) is 9.72 Å². The van der Waals surface area contributed by atoms with Crippen LogP contribution in [-0.4, -0.2) is 52.8 Å². The van der Waals surface area contributed by atoms with Crippen molar-refractivity contribution in [1.82, 2.24) is 19.9 Å². The van der Waals surface area contributed by atoms with E-state index in [9.17, 15) is 4.79 Å². The summed E-state index contributed by atoms with van der Waals surface area (Å²) in [6.07, 6.45) is 2.56. The average Bonchev–Trinajstić information content (AvgIpc) is 3.59. The normalized spacial score (nSPS) is 19.4. The van der Waals surface area contributed by atoms with Gasteiger partial charge >= 0.3 is 0 Å². The predicted octanol–water partition coefficient (Wildman–Crippen LogP) is 4.37. The second kappa shape index (κ2) is 8.67. The summed E-state index contributed by atoms with van der Waals surface area (Å²) in [5, 5.41) is 3.18. The number of aromatic nitrogens is 3. The molecule has 0 radical (unpaired) electrons. The van der Waals surface area contributed by atoms with Gasteiger partial charge in [-0.15, -0.1) is 11.3 Å². The van der Waals surface area contributed by atoms with Crippen LogP contribution < -0.4 is 10.2 Å². The van der Waals surface area contributed by atoms with Gasteiger partial charge in [0.1, 0.15) is 0 Å². The Bertz CT molecular complexity index is 1360. The monoisotopic (exact) mass is 475 g/mol. The molecule has 2 fully saturated rings. The summed E-state index contributed by atoms with van der Waals surface area (Å²) < 4.78 is 8.85. The Kier molecular flexibility index (Phi) is 5.50. The zero-order chi connectivity index (χ0) is 23.2. The first-order valence-electron chi connectivity index (χ1n) is 12.0. The number of hydrogen-bond donors (Lipinski definition) is 1. The van der Waals surface area contributed by atoms with Crippen molar-refractivity contribution >= 4 is 44.4 Å². The SMILES string of the molecule is Cc1cc2nc(N3CCC(C(=O)NC4CCOC4)CC3)n(-c3ccc4scnc4c3)c2cc1C. The van der Waals surface area contributed by atoms with Gasteiger partial charge in [0.05, 0.1) is 45.1 Å². The number of piperidine rings is 1. The second-order valence-electron chi connectivity index (χ2n) is 9.51. The maximum Gasteiger partial charge on any atom is 0.223 e. The van der Waals surface area contributed by atoms with Gasteiger partial charge in [-0.3, -0.25) is 9.36 Å². The van der Waals surface area contributed by atoms with Crippen molar-refractivity contribution in [2.45, 2.75) is 39.2 Å². The van der Waals surface area contributed by atoms with Crippen LogP contribution >= 0.6 is 11.3 Å². The molecule has 2 saturated heterocycles. The lowest BCUT2D eigenvalue weighted by Crippen LogP contribution is -2.44. The molecule has 4 heterocycles. The molecule has 0 aliphatic carbocycles. The van der Waals surface area contributed by atoms with E-state index in [2.05, 4.69) is 63.9 Å². The minimum absolute atomic E-state index is 0.0468. The van der Waals surface area contributed by atoms with Gasteiger partial charge in [0.25, 0.3) is 0 Å². The van der Waals surface area contributed by atoms with E-state index in [-0.39, 0.29) is 17.9 Å². The van der Waals surface area contributed by atoms with E-state index < -0.39 is 0 Å². The Morgan fingerprint density at radius 2 is 1.91 bits per heavy atom. The first-order chi connectivity index (χ1) is 16.6. The highest BCUT2D eigenvalue weighted by Crippen LogP contribution is 2.33. The van der Waals surface area contributed by atoms with Crippen molar-refractivity contribution in [2.75, 3.05) is 31.2 Å². The number of thiazole rings is 1. The molecule has 1 atom stereocenters. The zero-order valence-electron chi connectivity index (χ0n) is 19.6. The number of rotatable bonds is 4. The number of hydrogen-bond acceptors (Lipinski definition) is 6. The van der Waals surface area contributed by atoms with Crippen LogP contribution in [0.4, 0.5) is 5.95 Å². The van der Waals surface area contributed by atoms with Crippen LogP contribution in [0.2, 0.25) is 0 Å².